The van der Waals surface area contributed by atoms with E-state index in [4.69, 9.17) is 0 Å². The average molecular weight is 229 g/mol. The molecule has 1 unspecified atom stereocenters. The highest BCUT2D eigenvalue weighted by atomic mass is 16.2. The Kier molecular flexibility index (Phi) is 2.65. The van der Waals surface area contributed by atoms with Gasteiger partial charge in [-0.15, -0.1) is 0 Å². The normalized spacial score (nSPS) is 24.1. The molecule has 0 aromatic heterocycles. The molecule has 1 aliphatic heterocycles. The first kappa shape index (κ1) is 10.8. The van der Waals surface area contributed by atoms with Crippen molar-refractivity contribution in [2.24, 2.45) is 5.92 Å². The number of rotatable bonds is 2. The number of aryl methyl sites for hydroxylation is 1. The molecule has 2 aliphatic rings. The van der Waals surface area contributed by atoms with Crippen molar-refractivity contribution in [2.75, 3.05) is 6.54 Å². The van der Waals surface area contributed by atoms with Crippen LogP contribution in [0.4, 0.5) is 0 Å². The highest BCUT2D eigenvalue weighted by molar-refractivity contribution is 5.94. The van der Waals surface area contributed by atoms with Crippen LogP contribution in [-0.2, 0) is 0 Å². The predicted molar refractivity (Wildman–Crippen MR) is 68.0 cm³/mol. The SMILES string of the molecule is Cc1ccc(C(=O)N2CCCC2C2CC2)cc1. The molecule has 1 saturated heterocycles. The number of benzene rings is 1. The van der Waals surface area contributed by atoms with E-state index in [1.165, 1.54) is 31.2 Å². The number of nitrogens with zero attached hydrogens (tertiary/aromatic N) is 1. The Morgan fingerprint density at radius 3 is 2.53 bits per heavy atom. The topological polar surface area (TPSA) is 20.3 Å². The summed E-state index contributed by atoms with van der Waals surface area (Å²) < 4.78 is 0. The van der Waals surface area contributed by atoms with E-state index in [0.717, 1.165) is 18.0 Å². The second-order valence-electron chi connectivity index (χ2n) is 5.41. The molecule has 3 rings (SSSR count). The Hall–Kier alpha value is -1.31. The first-order valence-corrected chi connectivity index (χ1v) is 6.63. The monoisotopic (exact) mass is 229 g/mol. The van der Waals surface area contributed by atoms with Crippen molar-refractivity contribution in [2.45, 2.75) is 38.6 Å². The quantitative estimate of drug-likeness (QED) is 0.763. The van der Waals surface area contributed by atoms with Gasteiger partial charge in [0.2, 0.25) is 0 Å². The van der Waals surface area contributed by atoms with Gasteiger partial charge in [-0.3, -0.25) is 4.79 Å². The number of likely N-dealkylation sites (tertiary alicyclic amines) is 1. The molecule has 1 aliphatic carbocycles. The van der Waals surface area contributed by atoms with E-state index >= 15 is 0 Å². The van der Waals surface area contributed by atoms with Gasteiger partial charge in [-0.1, -0.05) is 17.7 Å². The molecule has 90 valence electrons. The number of amides is 1. The summed E-state index contributed by atoms with van der Waals surface area (Å²) in [7, 11) is 0. The summed E-state index contributed by atoms with van der Waals surface area (Å²) in [5.41, 5.74) is 2.06. The van der Waals surface area contributed by atoms with Crippen molar-refractivity contribution >= 4 is 5.91 Å². The van der Waals surface area contributed by atoms with Crippen LogP contribution in [0, 0.1) is 12.8 Å². The van der Waals surface area contributed by atoms with E-state index in [2.05, 4.69) is 11.8 Å². The minimum atomic E-state index is 0.236. The summed E-state index contributed by atoms with van der Waals surface area (Å²) in [6.45, 7) is 3.00. The van der Waals surface area contributed by atoms with Gasteiger partial charge >= 0.3 is 0 Å². The lowest BCUT2D eigenvalue weighted by molar-refractivity contribution is 0.0721. The Balaban J connectivity index is 1.78. The van der Waals surface area contributed by atoms with Crippen molar-refractivity contribution in [1.82, 2.24) is 4.90 Å². The molecule has 0 radical (unpaired) electrons. The van der Waals surface area contributed by atoms with Crippen LogP contribution < -0.4 is 0 Å². The molecular weight excluding hydrogens is 210 g/mol. The molecule has 1 heterocycles. The van der Waals surface area contributed by atoms with Crippen molar-refractivity contribution in [3.05, 3.63) is 35.4 Å². The van der Waals surface area contributed by atoms with Crippen LogP contribution in [0.5, 0.6) is 0 Å². The molecule has 1 amide bonds. The first-order valence-electron chi connectivity index (χ1n) is 6.63. The number of hydrogen-bond donors (Lipinski definition) is 0. The third-order valence-electron chi connectivity index (χ3n) is 4.02. The fourth-order valence-electron chi connectivity index (χ4n) is 2.88. The van der Waals surface area contributed by atoms with Crippen LogP contribution >= 0.6 is 0 Å². The van der Waals surface area contributed by atoms with Gasteiger partial charge in [0.25, 0.3) is 5.91 Å². The predicted octanol–water partition coefficient (Wildman–Crippen LogP) is 3.01. The maximum Gasteiger partial charge on any atom is 0.254 e. The summed E-state index contributed by atoms with van der Waals surface area (Å²) in [6, 6.07) is 8.49. The molecule has 0 spiro atoms. The highest BCUT2D eigenvalue weighted by Gasteiger charge is 2.40. The maximum atomic E-state index is 12.4. The third-order valence-corrected chi connectivity index (χ3v) is 4.02. The van der Waals surface area contributed by atoms with E-state index in [0.29, 0.717) is 6.04 Å². The first-order chi connectivity index (χ1) is 8.25. The van der Waals surface area contributed by atoms with Gasteiger partial charge in [0, 0.05) is 18.2 Å². The summed E-state index contributed by atoms with van der Waals surface area (Å²) in [4.78, 5) is 14.5. The van der Waals surface area contributed by atoms with Gasteiger partial charge in [-0.05, 0) is 50.7 Å². The third kappa shape index (κ3) is 2.08. The van der Waals surface area contributed by atoms with Crippen LogP contribution in [0.25, 0.3) is 0 Å². The van der Waals surface area contributed by atoms with Gasteiger partial charge < -0.3 is 4.90 Å². The Bertz CT molecular complexity index is 419. The summed E-state index contributed by atoms with van der Waals surface area (Å²) in [5.74, 6) is 1.03. The summed E-state index contributed by atoms with van der Waals surface area (Å²) >= 11 is 0. The van der Waals surface area contributed by atoms with Gasteiger partial charge in [0.05, 0.1) is 0 Å². The zero-order chi connectivity index (χ0) is 11.8. The van der Waals surface area contributed by atoms with E-state index in [9.17, 15) is 4.79 Å². The molecule has 2 fully saturated rings. The summed E-state index contributed by atoms with van der Waals surface area (Å²) in [5, 5.41) is 0. The maximum absolute atomic E-state index is 12.4. The van der Waals surface area contributed by atoms with E-state index in [1.54, 1.807) is 0 Å². The van der Waals surface area contributed by atoms with Gasteiger partial charge in [-0.25, -0.2) is 0 Å². The fourth-order valence-corrected chi connectivity index (χ4v) is 2.88. The van der Waals surface area contributed by atoms with E-state index < -0.39 is 0 Å². The summed E-state index contributed by atoms with van der Waals surface area (Å²) in [6.07, 6.45) is 5.03. The molecule has 0 N–H and O–H groups in total. The molecule has 1 aromatic rings. The molecule has 0 bridgehead atoms. The van der Waals surface area contributed by atoms with Crippen LogP contribution in [0.2, 0.25) is 0 Å². The highest BCUT2D eigenvalue weighted by Crippen LogP contribution is 2.40. The molecular formula is C15H19NO. The van der Waals surface area contributed by atoms with Crippen LogP contribution in [0.1, 0.15) is 41.6 Å². The van der Waals surface area contributed by atoms with E-state index in [1.807, 2.05) is 24.3 Å². The second-order valence-corrected chi connectivity index (χ2v) is 5.41. The number of carbonyl (C=O) groups is 1. The van der Waals surface area contributed by atoms with Gasteiger partial charge in [-0.2, -0.15) is 0 Å². The van der Waals surface area contributed by atoms with Crippen LogP contribution in [0.15, 0.2) is 24.3 Å². The number of carbonyl (C=O) groups excluding carboxylic acids is 1. The molecule has 1 atom stereocenters. The van der Waals surface area contributed by atoms with Crippen molar-refractivity contribution in [3.8, 4) is 0 Å². The molecule has 17 heavy (non-hydrogen) atoms. The van der Waals surface area contributed by atoms with E-state index in [-0.39, 0.29) is 5.91 Å². The van der Waals surface area contributed by atoms with Crippen molar-refractivity contribution < 1.29 is 4.79 Å². The fraction of sp³-hybridized carbons (Fsp3) is 0.533. The molecule has 2 heteroatoms. The Morgan fingerprint density at radius 2 is 1.88 bits per heavy atom. The van der Waals surface area contributed by atoms with Gasteiger partial charge in [0.1, 0.15) is 0 Å². The van der Waals surface area contributed by atoms with Crippen molar-refractivity contribution in [3.63, 3.8) is 0 Å². The zero-order valence-electron chi connectivity index (χ0n) is 10.4. The minimum Gasteiger partial charge on any atom is -0.335 e. The van der Waals surface area contributed by atoms with Gasteiger partial charge in [0.15, 0.2) is 0 Å². The molecule has 2 nitrogen and oxygen atoms in total. The standard InChI is InChI=1S/C15H19NO/c1-11-4-6-13(7-5-11)15(17)16-10-2-3-14(16)12-8-9-12/h4-7,12,14H,2-3,8-10H2,1H3. The zero-order valence-corrected chi connectivity index (χ0v) is 10.4. The molecule has 1 aromatic carbocycles. The smallest absolute Gasteiger partial charge is 0.254 e. The lowest BCUT2D eigenvalue weighted by Gasteiger charge is -2.24. The molecule has 1 saturated carbocycles. The Morgan fingerprint density at radius 1 is 1.18 bits per heavy atom. The van der Waals surface area contributed by atoms with Crippen LogP contribution in [0.3, 0.4) is 0 Å². The second kappa shape index (κ2) is 4.17. The largest absolute Gasteiger partial charge is 0.335 e. The average Bonchev–Trinajstić information content (AvgIpc) is 3.07. The van der Waals surface area contributed by atoms with Crippen molar-refractivity contribution in [1.29, 1.82) is 0 Å². The number of hydrogen-bond acceptors (Lipinski definition) is 1. The lowest BCUT2D eigenvalue weighted by Crippen LogP contribution is -2.36. The Labute approximate surface area is 103 Å². The van der Waals surface area contributed by atoms with Crippen LogP contribution in [-0.4, -0.2) is 23.4 Å². The lowest BCUT2D eigenvalue weighted by atomic mass is 10.1. The minimum absolute atomic E-state index is 0.236.